The zero-order valence-corrected chi connectivity index (χ0v) is 18.1. The van der Waals surface area contributed by atoms with Gasteiger partial charge in [0.1, 0.15) is 18.1 Å². The molecule has 0 N–H and O–H groups in total. The van der Waals surface area contributed by atoms with Crippen LogP contribution in [-0.2, 0) is 13.7 Å². The second kappa shape index (κ2) is 8.65. The molecule has 1 aromatic heterocycles. The average molecular weight is 437 g/mol. The van der Waals surface area contributed by atoms with E-state index in [9.17, 15) is 4.79 Å². The van der Waals surface area contributed by atoms with Crippen LogP contribution >= 0.6 is 11.6 Å². The van der Waals surface area contributed by atoms with Crippen LogP contribution in [0, 0.1) is 6.92 Å². The van der Waals surface area contributed by atoms with Crippen LogP contribution in [0.25, 0.3) is 16.8 Å². The number of tetrazole rings is 1. The fraction of sp³-hybridized carbons (Fsp3) is 0.174. The van der Waals surface area contributed by atoms with Crippen molar-refractivity contribution >= 4 is 11.6 Å². The number of aromatic nitrogens is 4. The van der Waals surface area contributed by atoms with Gasteiger partial charge in [0.25, 0.3) is 0 Å². The number of hydrogen-bond donors (Lipinski definition) is 0. The lowest BCUT2D eigenvalue weighted by atomic mass is 10.0. The Morgan fingerprint density at radius 3 is 2.52 bits per heavy atom. The summed E-state index contributed by atoms with van der Waals surface area (Å²) in [6.07, 6.45) is 0. The molecule has 4 aromatic rings. The molecular weight excluding hydrogens is 416 g/mol. The topological polar surface area (TPSA) is 71.2 Å². The number of nitrogens with zero attached hydrogens (tertiary/aromatic N) is 4. The summed E-state index contributed by atoms with van der Waals surface area (Å²) in [5.74, 6) is 1.32. The lowest BCUT2D eigenvalue weighted by molar-refractivity contribution is 0.305. The summed E-state index contributed by atoms with van der Waals surface area (Å²) in [4.78, 5) is 12.3. The third-order valence-electron chi connectivity index (χ3n) is 5.04. The molecule has 4 rings (SSSR count). The molecule has 1 heterocycles. The summed E-state index contributed by atoms with van der Waals surface area (Å²) in [6.45, 7) is 2.17. The van der Waals surface area contributed by atoms with E-state index in [1.165, 1.54) is 9.36 Å². The number of ether oxygens (including phenoxy) is 2. The van der Waals surface area contributed by atoms with Crippen molar-refractivity contribution in [2.45, 2.75) is 13.5 Å². The standard InChI is InChI=1S/C23H21ClN4O3/c1-15-6-4-9-21(28-23(29)27(2)25-26-28)19(15)14-31-22-13-17(10-11-20(22)24)16-7-5-8-18(12-16)30-3/h4-13H,14H2,1-3H3. The van der Waals surface area contributed by atoms with E-state index in [1.54, 1.807) is 20.2 Å². The van der Waals surface area contributed by atoms with Crippen molar-refractivity contribution in [3.63, 3.8) is 0 Å². The summed E-state index contributed by atoms with van der Waals surface area (Å²) in [6, 6.07) is 19.0. The summed E-state index contributed by atoms with van der Waals surface area (Å²) in [5.41, 5.74) is 4.03. The van der Waals surface area contributed by atoms with Crippen molar-refractivity contribution in [1.29, 1.82) is 0 Å². The van der Waals surface area contributed by atoms with Crippen molar-refractivity contribution in [1.82, 2.24) is 19.8 Å². The number of hydrogen-bond acceptors (Lipinski definition) is 5. The van der Waals surface area contributed by atoms with Gasteiger partial charge in [0, 0.05) is 12.6 Å². The molecule has 0 saturated heterocycles. The second-order valence-electron chi connectivity index (χ2n) is 7.04. The molecule has 0 aliphatic heterocycles. The number of halogens is 1. The SMILES string of the molecule is COc1cccc(-c2ccc(Cl)c(OCc3c(C)cccc3-n3nnn(C)c3=O)c2)c1. The van der Waals surface area contributed by atoms with E-state index in [0.717, 1.165) is 28.0 Å². The van der Waals surface area contributed by atoms with E-state index in [0.29, 0.717) is 16.5 Å². The molecule has 3 aromatic carbocycles. The van der Waals surface area contributed by atoms with E-state index in [1.807, 2.05) is 61.5 Å². The average Bonchev–Trinajstić information content (AvgIpc) is 3.12. The smallest absolute Gasteiger partial charge is 0.368 e. The molecule has 8 heteroatoms. The van der Waals surface area contributed by atoms with Crippen molar-refractivity contribution in [2.24, 2.45) is 7.05 Å². The minimum atomic E-state index is -0.329. The zero-order valence-electron chi connectivity index (χ0n) is 17.4. The molecule has 0 aliphatic carbocycles. The Kier molecular flexibility index (Phi) is 5.77. The number of aryl methyl sites for hydroxylation is 2. The molecule has 0 amide bonds. The summed E-state index contributed by atoms with van der Waals surface area (Å²) in [7, 11) is 3.19. The Bertz CT molecular complexity index is 1300. The molecule has 0 saturated carbocycles. The lowest BCUT2D eigenvalue weighted by Gasteiger charge is -2.14. The van der Waals surface area contributed by atoms with Gasteiger partial charge in [-0.25, -0.2) is 4.79 Å². The van der Waals surface area contributed by atoms with Crippen molar-refractivity contribution in [3.8, 4) is 28.3 Å². The third-order valence-corrected chi connectivity index (χ3v) is 5.35. The minimum absolute atomic E-state index is 0.215. The highest BCUT2D eigenvalue weighted by atomic mass is 35.5. The van der Waals surface area contributed by atoms with E-state index in [2.05, 4.69) is 10.4 Å². The number of methoxy groups -OCH3 is 1. The number of benzene rings is 3. The Balaban J connectivity index is 1.66. The van der Waals surface area contributed by atoms with E-state index in [-0.39, 0.29) is 12.3 Å². The van der Waals surface area contributed by atoms with Crippen LogP contribution in [-0.4, -0.2) is 26.9 Å². The molecule has 0 unspecified atom stereocenters. The normalized spacial score (nSPS) is 10.8. The van der Waals surface area contributed by atoms with Crippen LogP contribution in [0.4, 0.5) is 0 Å². The molecule has 0 fully saturated rings. The predicted octanol–water partition coefficient (Wildman–Crippen LogP) is 4.18. The van der Waals surface area contributed by atoms with Gasteiger partial charge in [0.2, 0.25) is 0 Å². The van der Waals surface area contributed by atoms with Gasteiger partial charge in [0.05, 0.1) is 17.8 Å². The highest BCUT2D eigenvalue weighted by Crippen LogP contribution is 2.33. The third kappa shape index (κ3) is 4.18. The van der Waals surface area contributed by atoms with Gasteiger partial charge < -0.3 is 9.47 Å². The first-order valence-corrected chi connectivity index (χ1v) is 10.0. The quantitative estimate of drug-likeness (QED) is 0.453. The van der Waals surface area contributed by atoms with Gasteiger partial charge in [0.15, 0.2) is 0 Å². The minimum Gasteiger partial charge on any atom is -0.497 e. The fourth-order valence-corrected chi connectivity index (χ4v) is 3.46. The van der Waals surface area contributed by atoms with Crippen LogP contribution in [0.15, 0.2) is 65.5 Å². The van der Waals surface area contributed by atoms with Gasteiger partial charge in [-0.15, -0.1) is 0 Å². The van der Waals surface area contributed by atoms with Crippen LogP contribution < -0.4 is 15.2 Å². The van der Waals surface area contributed by atoms with Gasteiger partial charge in [-0.05, 0) is 64.4 Å². The largest absolute Gasteiger partial charge is 0.497 e. The van der Waals surface area contributed by atoms with Gasteiger partial charge in [-0.1, -0.05) is 41.9 Å². The molecule has 31 heavy (non-hydrogen) atoms. The Labute approximate surface area is 184 Å². The molecular formula is C23H21ClN4O3. The summed E-state index contributed by atoms with van der Waals surface area (Å²) < 4.78 is 13.9. The van der Waals surface area contributed by atoms with Crippen molar-refractivity contribution in [3.05, 3.63) is 87.3 Å². The monoisotopic (exact) mass is 436 g/mol. The Morgan fingerprint density at radius 1 is 1.00 bits per heavy atom. The van der Waals surface area contributed by atoms with E-state index >= 15 is 0 Å². The van der Waals surface area contributed by atoms with E-state index in [4.69, 9.17) is 21.1 Å². The van der Waals surface area contributed by atoms with Crippen LogP contribution in [0.5, 0.6) is 11.5 Å². The lowest BCUT2D eigenvalue weighted by Crippen LogP contribution is -2.23. The first kappa shape index (κ1) is 20.7. The van der Waals surface area contributed by atoms with Crippen LogP contribution in [0.1, 0.15) is 11.1 Å². The van der Waals surface area contributed by atoms with Gasteiger partial charge in [-0.2, -0.15) is 9.36 Å². The Morgan fingerprint density at radius 2 is 1.77 bits per heavy atom. The molecule has 7 nitrogen and oxygen atoms in total. The molecule has 0 spiro atoms. The van der Waals surface area contributed by atoms with E-state index < -0.39 is 0 Å². The highest BCUT2D eigenvalue weighted by molar-refractivity contribution is 6.32. The maximum atomic E-state index is 12.3. The fourth-order valence-electron chi connectivity index (χ4n) is 3.28. The highest BCUT2D eigenvalue weighted by Gasteiger charge is 2.14. The van der Waals surface area contributed by atoms with Crippen LogP contribution in [0.3, 0.4) is 0 Å². The maximum Gasteiger partial charge on any atom is 0.368 e. The molecule has 0 radical (unpaired) electrons. The summed E-state index contributed by atoms with van der Waals surface area (Å²) >= 11 is 6.40. The second-order valence-corrected chi connectivity index (χ2v) is 7.44. The van der Waals surface area contributed by atoms with Gasteiger partial charge in [-0.3, -0.25) is 0 Å². The first-order valence-electron chi connectivity index (χ1n) is 9.62. The zero-order chi connectivity index (χ0) is 22.0. The molecule has 0 aliphatic rings. The maximum absolute atomic E-state index is 12.3. The van der Waals surface area contributed by atoms with Crippen molar-refractivity contribution < 1.29 is 9.47 Å². The molecule has 158 valence electrons. The first-order chi connectivity index (χ1) is 15.0. The van der Waals surface area contributed by atoms with Gasteiger partial charge >= 0.3 is 5.69 Å². The molecule has 0 bridgehead atoms. The predicted molar refractivity (Wildman–Crippen MR) is 119 cm³/mol. The van der Waals surface area contributed by atoms with Crippen molar-refractivity contribution in [2.75, 3.05) is 7.11 Å². The number of rotatable bonds is 6. The summed E-state index contributed by atoms with van der Waals surface area (Å²) in [5, 5.41) is 8.25. The Hall–Kier alpha value is -3.58. The molecule has 0 atom stereocenters. The van der Waals surface area contributed by atoms with Crippen LogP contribution in [0.2, 0.25) is 5.02 Å².